The van der Waals surface area contributed by atoms with Crippen LogP contribution in [0.1, 0.15) is 44.0 Å². The second-order valence-corrected chi connectivity index (χ2v) is 6.01. The zero-order chi connectivity index (χ0) is 15.6. The van der Waals surface area contributed by atoms with Crippen LogP contribution in [0, 0.1) is 6.92 Å². The predicted molar refractivity (Wildman–Crippen MR) is 88.5 cm³/mol. The van der Waals surface area contributed by atoms with Crippen molar-refractivity contribution in [3.05, 3.63) is 44.5 Å². The molecule has 0 atom stereocenters. The lowest BCUT2D eigenvalue weighted by Crippen LogP contribution is -2.23. The Bertz CT molecular complexity index is 685. The van der Waals surface area contributed by atoms with Crippen molar-refractivity contribution >= 4 is 21.6 Å². The molecule has 114 valence electrons. The summed E-state index contributed by atoms with van der Waals surface area (Å²) in [6.07, 6.45) is 5.74. The molecular formula is C15H21BrN4O. The van der Waals surface area contributed by atoms with E-state index in [-0.39, 0.29) is 5.56 Å². The van der Waals surface area contributed by atoms with Crippen molar-refractivity contribution in [2.75, 3.05) is 5.73 Å². The minimum absolute atomic E-state index is 0.0845. The summed E-state index contributed by atoms with van der Waals surface area (Å²) in [5, 5.41) is 4.57. The van der Waals surface area contributed by atoms with Crippen molar-refractivity contribution in [3.63, 3.8) is 0 Å². The monoisotopic (exact) mass is 352 g/mol. The van der Waals surface area contributed by atoms with E-state index in [1.807, 2.05) is 23.9 Å². The van der Waals surface area contributed by atoms with Crippen LogP contribution in [0.4, 0.5) is 5.69 Å². The lowest BCUT2D eigenvalue weighted by Gasteiger charge is -2.13. The van der Waals surface area contributed by atoms with E-state index in [1.165, 1.54) is 0 Å². The summed E-state index contributed by atoms with van der Waals surface area (Å²) < 4.78 is 4.08. The van der Waals surface area contributed by atoms with E-state index in [2.05, 4.69) is 34.9 Å². The normalized spacial score (nSPS) is 11.3. The third-order valence-corrected chi connectivity index (χ3v) is 4.75. The van der Waals surface area contributed by atoms with E-state index in [9.17, 15) is 4.79 Å². The number of aromatic nitrogens is 3. The third-order valence-electron chi connectivity index (χ3n) is 3.82. The minimum Gasteiger partial charge on any atom is -0.397 e. The van der Waals surface area contributed by atoms with Crippen LogP contribution in [-0.2, 0) is 6.54 Å². The molecule has 21 heavy (non-hydrogen) atoms. The largest absolute Gasteiger partial charge is 0.397 e. The Balaban J connectivity index is 2.29. The SMILES string of the molecule is CCC(CC)n1ccc(Cn2cc(N)c(C)c(Br)c2=O)n1. The first-order valence-electron chi connectivity index (χ1n) is 7.16. The van der Waals surface area contributed by atoms with Gasteiger partial charge in [-0.3, -0.25) is 9.48 Å². The van der Waals surface area contributed by atoms with Crippen molar-refractivity contribution in [1.82, 2.24) is 14.3 Å². The van der Waals surface area contributed by atoms with Crippen molar-refractivity contribution in [2.45, 2.75) is 46.2 Å². The Labute approximate surface area is 132 Å². The minimum atomic E-state index is -0.0845. The summed E-state index contributed by atoms with van der Waals surface area (Å²) in [5.41, 5.74) is 8.08. The van der Waals surface area contributed by atoms with Crippen LogP contribution in [0.15, 0.2) is 27.7 Å². The average molecular weight is 353 g/mol. The molecule has 0 saturated heterocycles. The van der Waals surface area contributed by atoms with Crippen LogP contribution in [0.3, 0.4) is 0 Å². The van der Waals surface area contributed by atoms with Crippen molar-refractivity contribution in [3.8, 4) is 0 Å². The van der Waals surface area contributed by atoms with Gasteiger partial charge in [0.1, 0.15) is 0 Å². The van der Waals surface area contributed by atoms with Gasteiger partial charge in [0.15, 0.2) is 0 Å². The van der Waals surface area contributed by atoms with Gasteiger partial charge >= 0.3 is 0 Å². The number of nitrogens with two attached hydrogens (primary N) is 1. The van der Waals surface area contributed by atoms with Gasteiger partial charge in [0.05, 0.1) is 28.4 Å². The Morgan fingerprint density at radius 1 is 1.38 bits per heavy atom. The molecule has 2 rings (SSSR count). The summed E-state index contributed by atoms with van der Waals surface area (Å²) in [4.78, 5) is 12.2. The van der Waals surface area contributed by atoms with Crippen LogP contribution >= 0.6 is 15.9 Å². The van der Waals surface area contributed by atoms with Crippen molar-refractivity contribution in [1.29, 1.82) is 0 Å². The van der Waals surface area contributed by atoms with Gasteiger partial charge in [-0.2, -0.15) is 5.10 Å². The smallest absolute Gasteiger partial charge is 0.265 e. The van der Waals surface area contributed by atoms with Crippen LogP contribution in [0.25, 0.3) is 0 Å². The maximum Gasteiger partial charge on any atom is 0.265 e. The van der Waals surface area contributed by atoms with Gasteiger partial charge in [-0.1, -0.05) is 13.8 Å². The van der Waals surface area contributed by atoms with Crippen LogP contribution in [0.5, 0.6) is 0 Å². The van der Waals surface area contributed by atoms with Gasteiger partial charge in [-0.05, 0) is 47.3 Å². The highest BCUT2D eigenvalue weighted by molar-refractivity contribution is 9.10. The van der Waals surface area contributed by atoms with E-state index in [0.717, 1.165) is 24.1 Å². The summed E-state index contributed by atoms with van der Waals surface area (Å²) >= 11 is 3.31. The van der Waals surface area contributed by atoms with Gasteiger partial charge in [-0.15, -0.1) is 0 Å². The van der Waals surface area contributed by atoms with Crippen LogP contribution < -0.4 is 11.3 Å². The maximum absolute atomic E-state index is 12.2. The molecule has 5 nitrogen and oxygen atoms in total. The maximum atomic E-state index is 12.2. The molecule has 0 aromatic carbocycles. The second-order valence-electron chi connectivity index (χ2n) is 5.21. The molecule has 2 N–H and O–H groups in total. The summed E-state index contributed by atoms with van der Waals surface area (Å²) in [6, 6.07) is 2.36. The fraction of sp³-hybridized carbons (Fsp3) is 0.467. The predicted octanol–water partition coefficient (Wildman–Crippen LogP) is 3.11. The Kier molecular flexibility index (Phi) is 4.88. The molecule has 2 aromatic rings. The van der Waals surface area contributed by atoms with Gasteiger partial charge in [0, 0.05) is 12.4 Å². The molecule has 6 heteroatoms. The molecular weight excluding hydrogens is 332 g/mol. The molecule has 0 aliphatic carbocycles. The summed E-state index contributed by atoms with van der Waals surface area (Å²) in [5.74, 6) is 0. The molecule has 0 saturated carbocycles. The van der Waals surface area contributed by atoms with E-state index in [4.69, 9.17) is 5.73 Å². The summed E-state index contributed by atoms with van der Waals surface area (Å²) in [6.45, 7) is 6.55. The lowest BCUT2D eigenvalue weighted by molar-refractivity contribution is 0.424. The van der Waals surface area contributed by atoms with Gasteiger partial charge in [0.2, 0.25) is 0 Å². The van der Waals surface area contributed by atoms with Gasteiger partial charge < -0.3 is 10.3 Å². The molecule has 0 fully saturated rings. The van der Waals surface area contributed by atoms with Crippen LogP contribution in [-0.4, -0.2) is 14.3 Å². The third kappa shape index (κ3) is 3.20. The first-order chi connectivity index (χ1) is 9.97. The second kappa shape index (κ2) is 6.47. The molecule has 0 bridgehead atoms. The molecule has 0 spiro atoms. The van der Waals surface area contributed by atoms with E-state index in [1.54, 1.807) is 10.8 Å². The molecule has 0 aliphatic rings. The highest BCUT2D eigenvalue weighted by Gasteiger charge is 2.11. The molecule has 0 aliphatic heterocycles. The quantitative estimate of drug-likeness (QED) is 0.898. The zero-order valence-corrected chi connectivity index (χ0v) is 14.2. The number of rotatable bonds is 5. The highest BCUT2D eigenvalue weighted by Crippen LogP contribution is 2.18. The highest BCUT2D eigenvalue weighted by atomic mass is 79.9. The molecule has 2 heterocycles. The number of halogens is 1. The van der Waals surface area contributed by atoms with Crippen molar-refractivity contribution < 1.29 is 0 Å². The van der Waals surface area contributed by atoms with Crippen molar-refractivity contribution in [2.24, 2.45) is 0 Å². The molecule has 0 radical (unpaired) electrons. The first kappa shape index (κ1) is 15.8. The average Bonchev–Trinajstić information content (AvgIpc) is 2.92. The Hall–Kier alpha value is -1.56. The summed E-state index contributed by atoms with van der Waals surface area (Å²) in [7, 11) is 0. The van der Waals surface area contributed by atoms with Crippen LogP contribution in [0.2, 0.25) is 0 Å². The number of nitrogen functional groups attached to an aromatic ring is 1. The first-order valence-corrected chi connectivity index (χ1v) is 7.96. The molecule has 2 aromatic heterocycles. The lowest BCUT2D eigenvalue weighted by atomic mass is 10.2. The fourth-order valence-electron chi connectivity index (χ4n) is 2.36. The van der Waals surface area contributed by atoms with E-state index in [0.29, 0.717) is 22.7 Å². The molecule has 0 amide bonds. The molecule has 0 unspecified atom stereocenters. The number of hydrogen-bond donors (Lipinski definition) is 1. The van der Waals surface area contributed by atoms with Gasteiger partial charge in [0.25, 0.3) is 5.56 Å². The standard InChI is InChI=1S/C15H21BrN4O/c1-4-12(5-2)20-7-6-11(18-20)8-19-9-13(17)10(3)14(16)15(19)21/h6-7,9,12H,4-5,8,17H2,1-3H3. The zero-order valence-electron chi connectivity index (χ0n) is 12.6. The Morgan fingerprint density at radius 3 is 2.67 bits per heavy atom. The number of nitrogens with zero attached hydrogens (tertiary/aromatic N) is 3. The number of hydrogen-bond acceptors (Lipinski definition) is 3. The number of pyridine rings is 1. The van der Waals surface area contributed by atoms with Gasteiger partial charge in [-0.25, -0.2) is 0 Å². The van der Waals surface area contributed by atoms with E-state index >= 15 is 0 Å². The topological polar surface area (TPSA) is 65.8 Å². The van der Waals surface area contributed by atoms with E-state index < -0.39 is 0 Å². The number of anilines is 1. The fourth-order valence-corrected chi connectivity index (χ4v) is 2.81. The Morgan fingerprint density at radius 2 is 2.05 bits per heavy atom.